The monoisotopic (exact) mass is 496 g/mol. The summed E-state index contributed by atoms with van der Waals surface area (Å²) >= 11 is 6.33. The third-order valence-electron chi connectivity index (χ3n) is 6.43. The molecule has 0 atom stereocenters. The number of carbonyl (C=O) groups is 1. The molecule has 2 aromatic carbocycles. The maximum Gasteiger partial charge on any atom is 0.254 e. The van der Waals surface area contributed by atoms with Crippen LogP contribution in [0.5, 0.6) is 0 Å². The van der Waals surface area contributed by atoms with E-state index in [1.807, 2.05) is 42.5 Å². The number of carbonyl (C=O) groups excluding carboxylic acids is 1. The lowest BCUT2D eigenvalue weighted by atomic mass is 10.0. The number of hydrogen-bond acceptors (Lipinski definition) is 5. The first-order chi connectivity index (χ1) is 16.4. The van der Waals surface area contributed by atoms with Gasteiger partial charge in [-0.25, -0.2) is 13.4 Å². The van der Waals surface area contributed by atoms with Crippen LogP contribution in [0.2, 0.25) is 5.02 Å². The molecule has 5 rings (SSSR count). The Morgan fingerprint density at radius 1 is 0.882 bits per heavy atom. The molecule has 0 bridgehead atoms. The van der Waals surface area contributed by atoms with Gasteiger partial charge in [0.25, 0.3) is 5.91 Å². The Kier molecular flexibility index (Phi) is 6.29. The maximum atomic E-state index is 13.5. The van der Waals surface area contributed by atoms with Crippen molar-refractivity contribution in [2.45, 2.75) is 17.9 Å². The first kappa shape index (κ1) is 22.8. The van der Waals surface area contributed by atoms with Crippen molar-refractivity contribution in [3.8, 4) is 0 Å². The van der Waals surface area contributed by atoms with Crippen LogP contribution in [0.25, 0.3) is 0 Å². The summed E-state index contributed by atoms with van der Waals surface area (Å²) in [5.41, 5.74) is 2.48. The van der Waals surface area contributed by atoms with Crippen LogP contribution in [0.1, 0.15) is 21.5 Å². The maximum absolute atomic E-state index is 13.5. The highest BCUT2D eigenvalue weighted by Gasteiger charge is 2.31. The quantitative estimate of drug-likeness (QED) is 0.553. The van der Waals surface area contributed by atoms with Crippen LogP contribution in [0.15, 0.2) is 71.8 Å². The second kappa shape index (κ2) is 9.37. The van der Waals surface area contributed by atoms with Gasteiger partial charge in [-0.15, -0.1) is 0 Å². The molecule has 1 aromatic heterocycles. The minimum Gasteiger partial charge on any atom is -0.353 e. The Morgan fingerprint density at radius 3 is 2.35 bits per heavy atom. The van der Waals surface area contributed by atoms with E-state index in [9.17, 15) is 13.2 Å². The predicted molar refractivity (Wildman–Crippen MR) is 132 cm³/mol. The molecule has 1 amide bonds. The summed E-state index contributed by atoms with van der Waals surface area (Å²) in [6.07, 6.45) is 2.40. The van der Waals surface area contributed by atoms with Crippen LogP contribution in [-0.2, 0) is 23.0 Å². The Labute approximate surface area is 204 Å². The molecule has 1 fully saturated rings. The van der Waals surface area contributed by atoms with Gasteiger partial charge >= 0.3 is 0 Å². The molecular weight excluding hydrogens is 472 g/mol. The number of benzene rings is 2. The van der Waals surface area contributed by atoms with Gasteiger partial charge in [0.05, 0.1) is 5.02 Å². The number of fused-ring (bicyclic) bond motifs is 1. The number of halogens is 1. The zero-order valence-electron chi connectivity index (χ0n) is 18.6. The Hall–Kier alpha value is -2.94. The van der Waals surface area contributed by atoms with Gasteiger partial charge in [0.1, 0.15) is 10.7 Å². The number of nitrogens with zero attached hydrogens (tertiary/aromatic N) is 4. The van der Waals surface area contributed by atoms with E-state index in [-0.39, 0.29) is 15.8 Å². The van der Waals surface area contributed by atoms with Crippen molar-refractivity contribution in [2.24, 2.45) is 0 Å². The van der Waals surface area contributed by atoms with Gasteiger partial charge in [-0.3, -0.25) is 4.79 Å². The van der Waals surface area contributed by atoms with Gasteiger partial charge in [0, 0.05) is 51.0 Å². The average molecular weight is 497 g/mol. The molecule has 3 heterocycles. The molecule has 0 aliphatic carbocycles. The van der Waals surface area contributed by atoms with Crippen molar-refractivity contribution in [1.29, 1.82) is 0 Å². The van der Waals surface area contributed by atoms with Gasteiger partial charge in [-0.2, -0.15) is 4.31 Å². The summed E-state index contributed by atoms with van der Waals surface area (Å²) in [4.78, 5) is 21.4. The first-order valence-corrected chi connectivity index (χ1v) is 13.1. The largest absolute Gasteiger partial charge is 0.353 e. The molecule has 1 saturated heterocycles. The summed E-state index contributed by atoms with van der Waals surface area (Å²) < 4.78 is 28.4. The Bertz CT molecular complexity index is 1310. The number of hydrogen-bond donors (Lipinski definition) is 0. The smallest absolute Gasteiger partial charge is 0.254 e. The third-order valence-corrected chi connectivity index (χ3v) is 8.76. The fraction of sp³-hybridized carbons (Fsp3) is 0.280. The predicted octanol–water partition coefficient (Wildman–Crippen LogP) is 3.44. The SMILES string of the molecule is O=C(c1ccc(Cl)c(S(=O)(=O)N2CCc3ccccc3C2)c1)N1CCN(c2ccccn2)CC1. The minimum absolute atomic E-state index is 0.0217. The number of rotatable bonds is 4. The third kappa shape index (κ3) is 4.41. The van der Waals surface area contributed by atoms with Crippen molar-refractivity contribution < 1.29 is 13.2 Å². The lowest BCUT2D eigenvalue weighted by molar-refractivity contribution is 0.0746. The van der Waals surface area contributed by atoms with Crippen LogP contribution in [0.3, 0.4) is 0 Å². The number of anilines is 1. The van der Waals surface area contributed by atoms with Gasteiger partial charge in [-0.1, -0.05) is 41.9 Å². The lowest BCUT2D eigenvalue weighted by Crippen LogP contribution is -2.49. The van der Waals surface area contributed by atoms with E-state index in [4.69, 9.17) is 11.6 Å². The van der Waals surface area contributed by atoms with E-state index in [0.717, 1.165) is 16.9 Å². The van der Waals surface area contributed by atoms with Crippen molar-refractivity contribution in [2.75, 3.05) is 37.6 Å². The first-order valence-electron chi connectivity index (χ1n) is 11.3. The van der Waals surface area contributed by atoms with E-state index in [2.05, 4.69) is 9.88 Å². The summed E-state index contributed by atoms with van der Waals surface area (Å²) in [6.45, 7) is 3.06. The Morgan fingerprint density at radius 2 is 1.62 bits per heavy atom. The zero-order chi connectivity index (χ0) is 23.7. The van der Waals surface area contributed by atoms with E-state index < -0.39 is 10.0 Å². The molecule has 2 aliphatic heterocycles. The van der Waals surface area contributed by atoms with Crippen LogP contribution < -0.4 is 4.90 Å². The minimum atomic E-state index is -3.85. The lowest BCUT2D eigenvalue weighted by Gasteiger charge is -2.35. The number of pyridine rings is 1. The summed E-state index contributed by atoms with van der Waals surface area (Å²) in [6, 6.07) is 18.1. The van der Waals surface area contributed by atoms with Gasteiger partial charge < -0.3 is 9.80 Å². The molecule has 2 aliphatic rings. The summed E-state index contributed by atoms with van der Waals surface area (Å²) in [5, 5.41) is 0.121. The van der Waals surface area contributed by atoms with Crippen LogP contribution in [0, 0.1) is 0 Å². The fourth-order valence-electron chi connectivity index (χ4n) is 4.51. The number of sulfonamides is 1. The van der Waals surface area contributed by atoms with Crippen molar-refractivity contribution in [3.05, 3.63) is 88.6 Å². The second-order valence-corrected chi connectivity index (χ2v) is 10.8. The molecule has 0 saturated carbocycles. The average Bonchev–Trinajstić information content (AvgIpc) is 2.89. The highest BCUT2D eigenvalue weighted by atomic mass is 35.5. The Balaban J connectivity index is 1.33. The molecule has 0 radical (unpaired) electrons. The van der Waals surface area contributed by atoms with Crippen molar-refractivity contribution >= 4 is 33.3 Å². The summed E-state index contributed by atoms with van der Waals surface area (Å²) in [7, 11) is -3.85. The molecule has 0 unspecified atom stereocenters. The van der Waals surface area contributed by atoms with Crippen LogP contribution >= 0.6 is 11.6 Å². The van der Waals surface area contributed by atoms with Crippen LogP contribution in [-0.4, -0.2) is 61.2 Å². The fourth-order valence-corrected chi connectivity index (χ4v) is 6.43. The highest BCUT2D eigenvalue weighted by Crippen LogP contribution is 2.30. The number of piperazine rings is 1. The molecule has 7 nitrogen and oxygen atoms in total. The molecule has 176 valence electrons. The standard InChI is InChI=1S/C25H25ClN4O3S/c26-22-9-8-20(25(31)29-15-13-28(14-16-29)24-7-3-4-11-27-24)17-23(22)34(32,33)30-12-10-19-5-1-2-6-21(19)18-30/h1-9,11,17H,10,12-16,18H2. The van der Waals surface area contributed by atoms with E-state index in [0.29, 0.717) is 51.3 Å². The van der Waals surface area contributed by atoms with Crippen LogP contribution in [0.4, 0.5) is 5.82 Å². The number of aromatic nitrogens is 1. The topological polar surface area (TPSA) is 73.8 Å². The van der Waals surface area contributed by atoms with Gasteiger partial charge in [0.15, 0.2) is 0 Å². The molecule has 9 heteroatoms. The molecule has 3 aromatic rings. The van der Waals surface area contributed by atoms with Crippen molar-refractivity contribution in [1.82, 2.24) is 14.2 Å². The molecule has 0 spiro atoms. The van der Waals surface area contributed by atoms with Gasteiger partial charge in [0.2, 0.25) is 10.0 Å². The molecule has 0 N–H and O–H groups in total. The van der Waals surface area contributed by atoms with E-state index in [1.54, 1.807) is 17.2 Å². The van der Waals surface area contributed by atoms with E-state index >= 15 is 0 Å². The summed E-state index contributed by atoms with van der Waals surface area (Å²) in [5.74, 6) is 0.690. The van der Waals surface area contributed by atoms with Crippen molar-refractivity contribution in [3.63, 3.8) is 0 Å². The van der Waals surface area contributed by atoms with E-state index in [1.165, 1.54) is 16.4 Å². The zero-order valence-corrected chi connectivity index (χ0v) is 20.2. The van der Waals surface area contributed by atoms with Gasteiger partial charge in [-0.05, 0) is 47.9 Å². The highest BCUT2D eigenvalue weighted by molar-refractivity contribution is 7.89. The normalized spacial score (nSPS) is 16.9. The molecular formula is C25H25ClN4O3S. The number of amides is 1. The second-order valence-electron chi connectivity index (χ2n) is 8.47. The molecule has 34 heavy (non-hydrogen) atoms.